The Bertz CT molecular complexity index is 888. The van der Waals surface area contributed by atoms with Gasteiger partial charge in [0.15, 0.2) is 11.6 Å². The molecule has 25 heavy (non-hydrogen) atoms. The van der Waals surface area contributed by atoms with Gasteiger partial charge in [0, 0.05) is 23.1 Å². The lowest BCUT2D eigenvalue weighted by Gasteiger charge is -2.14. The molecule has 0 aliphatic carbocycles. The molecule has 1 atom stereocenters. The molecule has 4 nitrogen and oxygen atoms in total. The number of aryl methyl sites for hydroxylation is 1. The average molecular weight is 343 g/mol. The SMILES string of the molecule is COc1ccc2oc(C(C)NCc3cccc(OC)c3F)c(C)c2c1. The van der Waals surface area contributed by atoms with E-state index in [1.54, 1.807) is 25.3 Å². The number of ether oxygens (including phenoxy) is 2. The van der Waals surface area contributed by atoms with E-state index in [1.807, 2.05) is 32.0 Å². The molecular formula is C20H22FNO3. The molecule has 1 heterocycles. The molecule has 0 bridgehead atoms. The fourth-order valence-electron chi connectivity index (χ4n) is 2.97. The van der Waals surface area contributed by atoms with Gasteiger partial charge in [-0.2, -0.15) is 0 Å². The van der Waals surface area contributed by atoms with Gasteiger partial charge in [0.05, 0.1) is 20.3 Å². The van der Waals surface area contributed by atoms with Gasteiger partial charge >= 0.3 is 0 Å². The Morgan fingerprint density at radius 3 is 2.68 bits per heavy atom. The summed E-state index contributed by atoms with van der Waals surface area (Å²) >= 11 is 0. The molecule has 1 N–H and O–H groups in total. The van der Waals surface area contributed by atoms with Crippen molar-refractivity contribution in [2.75, 3.05) is 14.2 Å². The highest BCUT2D eigenvalue weighted by Crippen LogP contribution is 2.32. The number of furan rings is 1. The van der Waals surface area contributed by atoms with Crippen molar-refractivity contribution in [1.82, 2.24) is 5.32 Å². The standard InChI is InChI=1S/C20H22FNO3/c1-12-16-10-15(23-3)8-9-17(16)25-20(12)13(2)22-11-14-6-5-7-18(24-4)19(14)21/h5-10,13,22H,11H2,1-4H3. The van der Waals surface area contributed by atoms with Crippen LogP contribution in [-0.2, 0) is 6.54 Å². The van der Waals surface area contributed by atoms with Crippen LogP contribution in [0.25, 0.3) is 11.0 Å². The quantitative estimate of drug-likeness (QED) is 0.701. The van der Waals surface area contributed by atoms with Gasteiger partial charge in [-0.25, -0.2) is 4.39 Å². The molecule has 0 aliphatic rings. The van der Waals surface area contributed by atoms with Gasteiger partial charge < -0.3 is 19.2 Å². The second kappa shape index (κ2) is 7.15. The summed E-state index contributed by atoms with van der Waals surface area (Å²) in [5.74, 6) is 1.54. The Labute approximate surface area is 146 Å². The zero-order valence-corrected chi connectivity index (χ0v) is 14.9. The van der Waals surface area contributed by atoms with Gasteiger partial charge in [-0.1, -0.05) is 12.1 Å². The Kier molecular flexibility index (Phi) is 4.95. The minimum absolute atomic E-state index is 0.0657. The van der Waals surface area contributed by atoms with Crippen molar-refractivity contribution in [1.29, 1.82) is 0 Å². The monoisotopic (exact) mass is 343 g/mol. The summed E-state index contributed by atoms with van der Waals surface area (Å²) in [6.07, 6.45) is 0. The molecule has 3 rings (SSSR count). The molecule has 1 aromatic heterocycles. The van der Waals surface area contributed by atoms with Crippen molar-refractivity contribution in [2.24, 2.45) is 0 Å². The average Bonchev–Trinajstić information content (AvgIpc) is 2.96. The number of benzene rings is 2. The van der Waals surface area contributed by atoms with Crippen molar-refractivity contribution in [3.8, 4) is 11.5 Å². The van der Waals surface area contributed by atoms with Gasteiger partial charge in [-0.05, 0) is 38.1 Å². The van der Waals surface area contributed by atoms with Gasteiger partial charge in [0.2, 0.25) is 0 Å². The van der Waals surface area contributed by atoms with Crippen molar-refractivity contribution >= 4 is 11.0 Å². The van der Waals surface area contributed by atoms with E-state index in [4.69, 9.17) is 13.9 Å². The second-order valence-corrected chi connectivity index (χ2v) is 5.99. The summed E-state index contributed by atoms with van der Waals surface area (Å²) < 4.78 is 30.5. The number of nitrogens with one attached hydrogen (secondary N) is 1. The zero-order chi connectivity index (χ0) is 18.0. The van der Waals surface area contributed by atoms with Gasteiger partial charge in [0.25, 0.3) is 0 Å². The van der Waals surface area contributed by atoms with Crippen LogP contribution < -0.4 is 14.8 Å². The maximum Gasteiger partial charge on any atom is 0.169 e. The molecule has 3 aromatic rings. The van der Waals surface area contributed by atoms with Gasteiger partial charge in [-0.3, -0.25) is 0 Å². The lowest BCUT2D eigenvalue weighted by molar-refractivity contribution is 0.381. The summed E-state index contributed by atoms with van der Waals surface area (Å²) in [4.78, 5) is 0. The van der Waals surface area contributed by atoms with Crippen molar-refractivity contribution in [3.63, 3.8) is 0 Å². The van der Waals surface area contributed by atoms with E-state index in [0.717, 1.165) is 28.0 Å². The number of fused-ring (bicyclic) bond motifs is 1. The van der Waals surface area contributed by atoms with Crippen LogP contribution in [0.4, 0.5) is 4.39 Å². The van der Waals surface area contributed by atoms with Crippen LogP contribution in [0, 0.1) is 12.7 Å². The molecule has 1 unspecified atom stereocenters. The molecule has 5 heteroatoms. The first kappa shape index (κ1) is 17.3. The molecule has 0 saturated carbocycles. The Morgan fingerprint density at radius 2 is 1.96 bits per heavy atom. The summed E-state index contributed by atoms with van der Waals surface area (Å²) in [6.45, 7) is 4.40. The Balaban J connectivity index is 1.81. The van der Waals surface area contributed by atoms with Gasteiger partial charge in [0.1, 0.15) is 17.1 Å². The van der Waals surface area contributed by atoms with E-state index >= 15 is 0 Å². The first-order valence-electron chi connectivity index (χ1n) is 8.17. The van der Waals surface area contributed by atoms with Crippen LogP contribution in [0.1, 0.15) is 29.9 Å². The number of halogens is 1. The molecule has 2 aromatic carbocycles. The summed E-state index contributed by atoms with van der Waals surface area (Å²) in [5.41, 5.74) is 2.43. The topological polar surface area (TPSA) is 43.6 Å². The highest BCUT2D eigenvalue weighted by molar-refractivity contribution is 5.83. The Morgan fingerprint density at radius 1 is 1.16 bits per heavy atom. The molecule has 0 spiro atoms. The first-order chi connectivity index (χ1) is 12.0. The maximum atomic E-state index is 14.3. The van der Waals surface area contributed by atoms with Crippen molar-refractivity contribution in [2.45, 2.75) is 26.4 Å². The van der Waals surface area contributed by atoms with Crippen molar-refractivity contribution in [3.05, 3.63) is 59.1 Å². The highest BCUT2D eigenvalue weighted by Gasteiger charge is 2.18. The van der Waals surface area contributed by atoms with E-state index in [-0.39, 0.29) is 17.6 Å². The normalized spacial score (nSPS) is 12.4. The van der Waals surface area contributed by atoms with Gasteiger partial charge in [-0.15, -0.1) is 0 Å². The minimum atomic E-state index is -0.337. The van der Waals surface area contributed by atoms with Crippen LogP contribution in [0.2, 0.25) is 0 Å². The predicted octanol–water partition coefficient (Wildman–Crippen LogP) is 4.75. The third kappa shape index (κ3) is 3.33. The molecule has 0 fully saturated rings. The third-order valence-electron chi connectivity index (χ3n) is 4.44. The zero-order valence-electron chi connectivity index (χ0n) is 14.9. The number of rotatable bonds is 6. The van der Waals surface area contributed by atoms with Crippen LogP contribution >= 0.6 is 0 Å². The molecule has 0 aliphatic heterocycles. The largest absolute Gasteiger partial charge is 0.497 e. The van der Waals surface area contributed by atoms with E-state index in [2.05, 4.69) is 5.32 Å². The smallest absolute Gasteiger partial charge is 0.169 e. The number of hydrogen-bond donors (Lipinski definition) is 1. The molecule has 132 valence electrons. The molecule has 0 saturated heterocycles. The van der Waals surface area contributed by atoms with Crippen LogP contribution in [-0.4, -0.2) is 14.2 Å². The number of methoxy groups -OCH3 is 2. The summed E-state index contributed by atoms with van der Waals surface area (Å²) in [6, 6.07) is 10.8. The molecule has 0 radical (unpaired) electrons. The molecule has 0 amide bonds. The Hall–Kier alpha value is -2.53. The maximum absolute atomic E-state index is 14.3. The lowest BCUT2D eigenvalue weighted by atomic mass is 10.1. The van der Waals surface area contributed by atoms with Crippen LogP contribution in [0.15, 0.2) is 40.8 Å². The summed E-state index contributed by atoms with van der Waals surface area (Å²) in [5, 5.41) is 4.34. The van der Waals surface area contributed by atoms with E-state index in [9.17, 15) is 4.39 Å². The van der Waals surface area contributed by atoms with E-state index < -0.39 is 0 Å². The molecular weight excluding hydrogens is 321 g/mol. The lowest BCUT2D eigenvalue weighted by Crippen LogP contribution is -2.19. The predicted molar refractivity (Wildman–Crippen MR) is 95.7 cm³/mol. The fourth-order valence-corrected chi connectivity index (χ4v) is 2.97. The summed E-state index contributed by atoms with van der Waals surface area (Å²) in [7, 11) is 3.11. The van der Waals surface area contributed by atoms with Crippen LogP contribution in [0.5, 0.6) is 11.5 Å². The van der Waals surface area contributed by atoms with E-state index in [1.165, 1.54) is 7.11 Å². The second-order valence-electron chi connectivity index (χ2n) is 5.99. The third-order valence-corrected chi connectivity index (χ3v) is 4.44. The first-order valence-corrected chi connectivity index (χ1v) is 8.17. The highest BCUT2D eigenvalue weighted by atomic mass is 19.1. The number of hydrogen-bond acceptors (Lipinski definition) is 4. The fraction of sp³-hybridized carbons (Fsp3) is 0.300. The minimum Gasteiger partial charge on any atom is -0.497 e. The van der Waals surface area contributed by atoms with E-state index in [0.29, 0.717) is 12.1 Å². The van der Waals surface area contributed by atoms with Crippen molar-refractivity contribution < 1.29 is 18.3 Å². The van der Waals surface area contributed by atoms with Crippen LogP contribution in [0.3, 0.4) is 0 Å².